The van der Waals surface area contributed by atoms with Gasteiger partial charge in [0.15, 0.2) is 0 Å². The highest BCUT2D eigenvalue weighted by Crippen LogP contribution is 2.19. The second kappa shape index (κ2) is 6.02. The summed E-state index contributed by atoms with van der Waals surface area (Å²) in [6, 6.07) is 1.55. The van der Waals surface area contributed by atoms with E-state index in [0.717, 1.165) is 18.0 Å². The molecule has 16 heavy (non-hydrogen) atoms. The number of rotatable bonds is 4. The predicted molar refractivity (Wildman–Crippen MR) is 69.7 cm³/mol. The van der Waals surface area contributed by atoms with Gasteiger partial charge in [0.05, 0.1) is 0 Å². The SMILES string of the molecule is CC1CCN(C(C)CNC2CCCC2)CC1. The van der Waals surface area contributed by atoms with E-state index in [1.165, 1.54) is 58.2 Å². The first-order valence-electron chi connectivity index (χ1n) is 7.23. The lowest BCUT2D eigenvalue weighted by Gasteiger charge is -2.35. The third-order valence-electron chi connectivity index (χ3n) is 4.50. The zero-order valence-electron chi connectivity index (χ0n) is 11.0. The fourth-order valence-corrected chi connectivity index (χ4v) is 3.07. The monoisotopic (exact) mass is 224 g/mol. The maximum absolute atomic E-state index is 3.75. The highest BCUT2D eigenvalue weighted by Gasteiger charge is 2.21. The molecule has 0 bridgehead atoms. The average Bonchev–Trinajstić information content (AvgIpc) is 2.80. The van der Waals surface area contributed by atoms with Crippen LogP contribution in [-0.2, 0) is 0 Å². The largest absolute Gasteiger partial charge is 0.312 e. The first kappa shape index (κ1) is 12.4. The van der Waals surface area contributed by atoms with Crippen LogP contribution in [0.5, 0.6) is 0 Å². The van der Waals surface area contributed by atoms with Crippen LogP contribution in [0.15, 0.2) is 0 Å². The van der Waals surface area contributed by atoms with Crippen LogP contribution in [0.25, 0.3) is 0 Å². The van der Waals surface area contributed by atoms with Gasteiger partial charge in [0.25, 0.3) is 0 Å². The molecular formula is C14H28N2. The fraction of sp³-hybridized carbons (Fsp3) is 1.00. The van der Waals surface area contributed by atoms with Crippen molar-refractivity contribution < 1.29 is 0 Å². The number of hydrogen-bond acceptors (Lipinski definition) is 2. The molecule has 0 amide bonds. The van der Waals surface area contributed by atoms with Gasteiger partial charge >= 0.3 is 0 Å². The third-order valence-corrected chi connectivity index (χ3v) is 4.50. The summed E-state index contributed by atoms with van der Waals surface area (Å²) >= 11 is 0. The fourth-order valence-electron chi connectivity index (χ4n) is 3.07. The molecule has 1 saturated heterocycles. The van der Waals surface area contributed by atoms with Crippen LogP contribution in [0.2, 0.25) is 0 Å². The molecule has 1 aliphatic carbocycles. The van der Waals surface area contributed by atoms with Crippen molar-refractivity contribution in [2.45, 2.75) is 64.5 Å². The summed E-state index contributed by atoms with van der Waals surface area (Å²) in [7, 11) is 0. The first-order valence-corrected chi connectivity index (χ1v) is 7.23. The van der Waals surface area contributed by atoms with E-state index in [2.05, 4.69) is 24.1 Å². The van der Waals surface area contributed by atoms with Gasteiger partial charge in [-0.2, -0.15) is 0 Å². The van der Waals surface area contributed by atoms with Gasteiger partial charge in [-0.3, -0.25) is 4.90 Å². The number of hydrogen-bond donors (Lipinski definition) is 1. The Hall–Kier alpha value is -0.0800. The summed E-state index contributed by atoms with van der Waals surface area (Å²) in [5.41, 5.74) is 0. The molecule has 1 N–H and O–H groups in total. The molecule has 1 saturated carbocycles. The van der Waals surface area contributed by atoms with Crippen LogP contribution in [0, 0.1) is 5.92 Å². The van der Waals surface area contributed by atoms with Crippen LogP contribution in [0.3, 0.4) is 0 Å². The molecule has 1 heterocycles. The molecule has 94 valence electrons. The van der Waals surface area contributed by atoms with Crippen molar-refractivity contribution in [3.63, 3.8) is 0 Å². The van der Waals surface area contributed by atoms with Crippen LogP contribution in [0.4, 0.5) is 0 Å². The number of likely N-dealkylation sites (tertiary alicyclic amines) is 1. The lowest BCUT2D eigenvalue weighted by molar-refractivity contribution is 0.142. The minimum absolute atomic E-state index is 0.730. The maximum atomic E-state index is 3.75. The molecule has 0 spiro atoms. The summed E-state index contributed by atoms with van der Waals surface area (Å²) in [4.78, 5) is 2.67. The van der Waals surface area contributed by atoms with E-state index < -0.39 is 0 Å². The Kier molecular flexibility index (Phi) is 4.66. The Morgan fingerprint density at radius 1 is 1.12 bits per heavy atom. The summed E-state index contributed by atoms with van der Waals surface area (Å²) in [5.74, 6) is 0.950. The van der Waals surface area contributed by atoms with E-state index in [1.54, 1.807) is 0 Å². The third kappa shape index (κ3) is 3.46. The number of nitrogens with zero attached hydrogens (tertiary/aromatic N) is 1. The molecule has 2 heteroatoms. The predicted octanol–water partition coefficient (Wildman–Crippen LogP) is 2.64. The van der Waals surface area contributed by atoms with E-state index in [-0.39, 0.29) is 0 Å². The summed E-state index contributed by atoms with van der Waals surface area (Å²) in [5, 5.41) is 3.75. The molecular weight excluding hydrogens is 196 g/mol. The molecule has 1 unspecified atom stereocenters. The standard InChI is InChI=1S/C14H28N2/c1-12-7-9-16(10-8-12)13(2)11-15-14-5-3-4-6-14/h12-15H,3-11H2,1-2H3. The van der Waals surface area contributed by atoms with Gasteiger partial charge in [-0.05, 0) is 51.6 Å². The van der Waals surface area contributed by atoms with Crippen molar-refractivity contribution in [2.75, 3.05) is 19.6 Å². The van der Waals surface area contributed by atoms with Gasteiger partial charge in [0.2, 0.25) is 0 Å². The van der Waals surface area contributed by atoms with Crippen LogP contribution < -0.4 is 5.32 Å². The lowest BCUT2D eigenvalue weighted by atomic mass is 9.98. The van der Waals surface area contributed by atoms with Crippen molar-refractivity contribution in [2.24, 2.45) is 5.92 Å². The minimum atomic E-state index is 0.730. The van der Waals surface area contributed by atoms with Crippen molar-refractivity contribution in [1.29, 1.82) is 0 Å². The van der Waals surface area contributed by atoms with Crippen molar-refractivity contribution >= 4 is 0 Å². The molecule has 0 aromatic carbocycles. The summed E-state index contributed by atoms with van der Waals surface area (Å²) in [6.07, 6.45) is 8.48. The molecule has 2 aliphatic rings. The summed E-state index contributed by atoms with van der Waals surface area (Å²) < 4.78 is 0. The molecule has 1 aliphatic heterocycles. The minimum Gasteiger partial charge on any atom is -0.312 e. The second-order valence-corrected chi connectivity index (χ2v) is 5.96. The van der Waals surface area contributed by atoms with Gasteiger partial charge in [-0.15, -0.1) is 0 Å². The van der Waals surface area contributed by atoms with Crippen molar-refractivity contribution in [3.05, 3.63) is 0 Å². The van der Waals surface area contributed by atoms with E-state index in [0.29, 0.717) is 0 Å². The molecule has 0 radical (unpaired) electrons. The lowest BCUT2D eigenvalue weighted by Crippen LogP contribution is -2.46. The molecule has 2 fully saturated rings. The maximum Gasteiger partial charge on any atom is 0.0192 e. The first-order chi connectivity index (χ1) is 7.75. The highest BCUT2D eigenvalue weighted by atomic mass is 15.2. The molecule has 1 atom stereocenters. The average molecular weight is 224 g/mol. The molecule has 0 aromatic heterocycles. The molecule has 2 rings (SSSR count). The van der Waals surface area contributed by atoms with Crippen LogP contribution in [0.1, 0.15) is 52.4 Å². The van der Waals surface area contributed by atoms with Gasteiger partial charge < -0.3 is 5.32 Å². The van der Waals surface area contributed by atoms with E-state index in [1.807, 2.05) is 0 Å². The van der Waals surface area contributed by atoms with Gasteiger partial charge in [-0.25, -0.2) is 0 Å². The zero-order chi connectivity index (χ0) is 11.4. The number of nitrogens with one attached hydrogen (secondary N) is 1. The molecule has 2 nitrogen and oxygen atoms in total. The highest BCUT2D eigenvalue weighted by molar-refractivity contribution is 4.79. The van der Waals surface area contributed by atoms with Gasteiger partial charge in [0, 0.05) is 18.6 Å². The summed E-state index contributed by atoms with van der Waals surface area (Å²) in [6.45, 7) is 8.60. The topological polar surface area (TPSA) is 15.3 Å². The Morgan fingerprint density at radius 3 is 2.38 bits per heavy atom. The van der Waals surface area contributed by atoms with Gasteiger partial charge in [0.1, 0.15) is 0 Å². The zero-order valence-corrected chi connectivity index (χ0v) is 11.0. The molecule has 0 aromatic rings. The smallest absolute Gasteiger partial charge is 0.0192 e. The van der Waals surface area contributed by atoms with Crippen molar-refractivity contribution in [1.82, 2.24) is 10.2 Å². The number of piperidine rings is 1. The second-order valence-electron chi connectivity index (χ2n) is 5.96. The Balaban J connectivity index is 1.64. The van der Waals surface area contributed by atoms with Crippen LogP contribution >= 0.6 is 0 Å². The quantitative estimate of drug-likeness (QED) is 0.790. The Bertz CT molecular complexity index is 191. The van der Waals surface area contributed by atoms with Crippen LogP contribution in [-0.4, -0.2) is 36.6 Å². The van der Waals surface area contributed by atoms with E-state index in [9.17, 15) is 0 Å². The van der Waals surface area contributed by atoms with E-state index >= 15 is 0 Å². The van der Waals surface area contributed by atoms with Gasteiger partial charge in [-0.1, -0.05) is 19.8 Å². The van der Waals surface area contributed by atoms with E-state index in [4.69, 9.17) is 0 Å². The van der Waals surface area contributed by atoms with Crippen molar-refractivity contribution in [3.8, 4) is 0 Å². The normalized spacial score (nSPS) is 27.4. The Morgan fingerprint density at radius 2 is 1.75 bits per heavy atom. The Labute approximate surface area is 101 Å².